The van der Waals surface area contributed by atoms with E-state index >= 15 is 0 Å². The number of carbonyl (C=O) groups is 3. The number of aryl methyl sites for hydroxylation is 3. The third kappa shape index (κ3) is 17.2. The van der Waals surface area contributed by atoms with E-state index in [1.807, 2.05) is 0 Å². The van der Waals surface area contributed by atoms with Gasteiger partial charge in [-0.1, -0.05) is 35.9 Å². The van der Waals surface area contributed by atoms with E-state index in [9.17, 15) is 86.1 Å². The number of hydrogen-bond acceptors (Lipinski definition) is 6. The van der Waals surface area contributed by atoms with Crippen LogP contribution in [0.3, 0.4) is 0 Å². The zero-order chi connectivity index (χ0) is 71.2. The first kappa shape index (κ1) is 73.7. The molecule has 2 atom stereocenters. The summed E-state index contributed by atoms with van der Waals surface area (Å²) >= 11 is 5.76. The molecule has 3 aromatic heterocycles. The van der Waals surface area contributed by atoms with Crippen LogP contribution in [0.5, 0.6) is 17.2 Å². The van der Waals surface area contributed by atoms with Gasteiger partial charge in [0.05, 0.1) is 62.7 Å². The Morgan fingerprint density at radius 2 is 0.792 bits per heavy atom. The van der Waals surface area contributed by atoms with Crippen molar-refractivity contribution >= 4 is 29.5 Å². The summed E-state index contributed by atoms with van der Waals surface area (Å²) in [6.07, 6.45) is -11.3. The van der Waals surface area contributed by atoms with Gasteiger partial charge in [-0.2, -0.15) is 39.5 Å². The van der Waals surface area contributed by atoms with Crippen molar-refractivity contribution in [3.63, 3.8) is 0 Å². The van der Waals surface area contributed by atoms with Crippen molar-refractivity contribution in [2.75, 3.05) is 0 Å². The summed E-state index contributed by atoms with van der Waals surface area (Å²) in [6, 6.07) is 22.4. The molecule has 0 radical (unpaired) electrons. The standard InChI is InChI=1S/C24H23F4NO3.C23H20ClF4NO3.C22H17F6NO3/c1-13-5-7-20(19(25)11-13)29-10-9-18(24(26,27)28)21(29)12-32-22-8-6-17(14(2)15(22)3)16(4)23(30)31;1-12-13(2)21(7-5-16(12)14(3)22(30)31)32-11-20-17(23(26,27)28)8-9-29(20)19-6-4-15(24)10-18(19)25;1-12-2-4-18(15(23)8-12)29-7-6-14(22(26,27)28)19(29)11-32-21-16(24)9-13(10-17(21)25)3-5-20(30)31/h5-11,16H,12H2,1-4H3,(H,30,31);4-10,14H,11H2,1-3H3,(H,30,31);2,4,6-10H,3,5,11H2,1H3,(H,30,31). The number of alkyl halides is 9. The minimum absolute atomic E-state index is 0.0109. The summed E-state index contributed by atoms with van der Waals surface area (Å²) in [6.45, 7) is 11.4. The largest absolute Gasteiger partial charge is 0.487 e. The van der Waals surface area contributed by atoms with Crippen LogP contribution in [-0.4, -0.2) is 46.9 Å². The predicted octanol–water partition coefficient (Wildman–Crippen LogP) is 18.8. The van der Waals surface area contributed by atoms with Crippen LogP contribution in [0.2, 0.25) is 5.02 Å². The highest BCUT2D eigenvalue weighted by Crippen LogP contribution is 2.40. The monoisotopic (exact) mass is 1380 g/mol. The Labute approximate surface area is 545 Å². The normalized spacial score (nSPS) is 12.3. The molecule has 9 aromatic rings. The van der Waals surface area contributed by atoms with Crippen molar-refractivity contribution in [2.45, 2.75) is 118 Å². The second-order valence-corrected chi connectivity index (χ2v) is 22.6. The fourth-order valence-electron chi connectivity index (χ4n) is 10.3. The maximum absolute atomic E-state index is 14.5. The Hall–Kier alpha value is -9.72. The number of nitrogens with zero attached hydrogens (tertiary/aromatic N) is 3. The molecule has 27 heteroatoms. The van der Waals surface area contributed by atoms with E-state index in [1.54, 1.807) is 79.7 Å². The molecule has 96 heavy (non-hydrogen) atoms. The lowest BCUT2D eigenvalue weighted by Crippen LogP contribution is -2.14. The molecule has 9 rings (SSSR count). The van der Waals surface area contributed by atoms with Crippen molar-refractivity contribution in [1.29, 1.82) is 0 Å². The first-order chi connectivity index (χ1) is 44.8. The van der Waals surface area contributed by atoms with Gasteiger partial charge in [0, 0.05) is 30.0 Å². The lowest BCUT2D eigenvalue weighted by Gasteiger charge is -2.18. The number of hydrogen-bond donors (Lipinski definition) is 3. The van der Waals surface area contributed by atoms with Crippen molar-refractivity contribution in [3.8, 4) is 34.3 Å². The highest BCUT2D eigenvalue weighted by atomic mass is 35.5. The van der Waals surface area contributed by atoms with E-state index in [1.165, 1.54) is 48.7 Å². The molecule has 0 aliphatic heterocycles. The van der Waals surface area contributed by atoms with Crippen molar-refractivity contribution in [1.82, 2.24) is 13.7 Å². The van der Waals surface area contributed by atoms with Crippen LogP contribution in [-0.2, 0) is 59.2 Å². The van der Waals surface area contributed by atoms with Gasteiger partial charge in [-0.05, 0) is 197 Å². The number of rotatable bonds is 19. The van der Waals surface area contributed by atoms with Crippen LogP contribution in [0.4, 0.5) is 61.5 Å². The molecule has 0 bridgehead atoms. The number of benzene rings is 6. The molecule has 12 nitrogen and oxygen atoms in total. The van der Waals surface area contributed by atoms with Crippen LogP contribution >= 0.6 is 11.6 Å². The van der Waals surface area contributed by atoms with Crippen LogP contribution in [0, 0.1) is 70.6 Å². The Balaban J connectivity index is 0.000000203. The second-order valence-electron chi connectivity index (χ2n) is 22.2. The molecule has 0 aliphatic carbocycles. The Morgan fingerprint density at radius 3 is 1.11 bits per heavy atom. The highest BCUT2D eigenvalue weighted by Gasteiger charge is 2.39. The molecular formula is C69H60ClF14N3O9. The maximum Gasteiger partial charge on any atom is 0.418 e. The summed E-state index contributed by atoms with van der Waals surface area (Å²) in [5.74, 6) is -9.48. The van der Waals surface area contributed by atoms with Crippen LogP contribution in [0.25, 0.3) is 17.1 Å². The van der Waals surface area contributed by atoms with Crippen molar-refractivity contribution < 1.29 is 105 Å². The molecule has 0 saturated carbocycles. The fourth-order valence-corrected chi connectivity index (χ4v) is 10.5. The maximum atomic E-state index is 14.5. The highest BCUT2D eigenvalue weighted by molar-refractivity contribution is 6.30. The van der Waals surface area contributed by atoms with E-state index in [4.69, 9.17) is 30.9 Å². The lowest BCUT2D eigenvalue weighted by molar-refractivity contribution is -0.139. The predicted molar refractivity (Wildman–Crippen MR) is 326 cm³/mol. The van der Waals surface area contributed by atoms with Gasteiger partial charge in [-0.25, -0.2) is 22.0 Å². The van der Waals surface area contributed by atoms with Gasteiger partial charge < -0.3 is 43.2 Å². The van der Waals surface area contributed by atoms with Gasteiger partial charge >= 0.3 is 36.4 Å². The SMILES string of the molecule is Cc1c(OCc2c(C(F)(F)F)ccn2-c2ccc(Cl)cc2F)ccc(C(C)C(=O)O)c1C.Cc1ccc(-n2ccc(C(F)(F)F)c2COc2c(F)cc(CCC(=O)O)cc2F)c(F)c1.Cc1ccc(-n2ccc(C(F)(F)F)c2COc2ccc(C(C)C(=O)O)c(C)c2C)c(F)c1. The minimum atomic E-state index is -4.82. The Bertz CT molecular complexity index is 4150. The minimum Gasteiger partial charge on any atom is -0.487 e. The fraction of sp³-hybridized carbons (Fsp3) is 0.261. The quantitative estimate of drug-likeness (QED) is 0.0671. The zero-order valence-corrected chi connectivity index (χ0v) is 52.9. The molecule has 0 saturated heterocycles. The third-order valence-corrected chi connectivity index (χ3v) is 16.0. The van der Waals surface area contributed by atoms with E-state index < -0.39 is 125 Å². The lowest BCUT2D eigenvalue weighted by atomic mass is 9.93. The number of aromatic nitrogens is 3. The summed E-state index contributed by atoms with van der Waals surface area (Å²) in [5, 5.41) is 27.3. The third-order valence-electron chi connectivity index (χ3n) is 15.8. The average Bonchev–Trinajstić information content (AvgIpc) is 1.61. The van der Waals surface area contributed by atoms with E-state index in [0.717, 1.165) is 68.6 Å². The molecule has 3 heterocycles. The first-order valence-corrected chi connectivity index (χ1v) is 29.2. The molecular weight excluding hydrogens is 1320 g/mol. The smallest absolute Gasteiger partial charge is 0.418 e. The van der Waals surface area contributed by atoms with Gasteiger partial charge in [0.15, 0.2) is 17.4 Å². The number of carboxylic acid groups (broad SMARTS) is 3. The molecule has 6 aromatic carbocycles. The van der Waals surface area contributed by atoms with Gasteiger partial charge in [-0.15, -0.1) is 0 Å². The van der Waals surface area contributed by atoms with Gasteiger partial charge in [0.25, 0.3) is 0 Å². The molecule has 510 valence electrons. The van der Waals surface area contributed by atoms with Gasteiger partial charge in [0.1, 0.15) is 48.8 Å². The molecule has 0 spiro atoms. The summed E-state index contributed by atoms with van der Waals surface area (Å²) in [7, 11) is 0. The van der Waals surface area contributed by atoms with Gasteiger partial charge in [-0.3, -0.25) is 14.4 Å². The van der Waals surface area contributed by atoms with Gasteiger partial charge in [0.2, 0.25) is 0 Å². The second kappa shape index (κ2) is 29.9. The number of halogens is 15. The molecule has 0 fully saturated rings. The number of aliphatic carboxylic acids is 3. The van der Waals surface area contributed by atoms with Crippen LogP contribution in [0.15, 0.2) is 128 Å². The van der Waals surface area contributed by atoms with E-state index in [0.29, 0.717) is 56.0 Å². The summed E-state index contributed by atoms with van der Waals surface area (Å²) in [5.41, 5.74) is 0.687. The molecule has 2 unspecified atom stereocenters. The average molecular weight is 1380 g/mol. The van der Waals surface area contributed by atoms with Crippen LogP contribution < -0.4 is 14.2 Å². The summed E-state index contributed by atoms with van der Waals surface area (Å²) in [4.78, 5) is 33.2. The van der Waals surface area contributed by atoms with Crippen molar-refractivity contribution in [3.05, 3.63) is 246 Å². The Morgan fingerprint density at radius 1 is 0.448 bits per heavy atom. The Kier molecular flexibility index (Phi) is 23.0. The molecule has 3 N–H and O–H groups in total. The number of ether oxygens (including phenoxy) is 3. The summed E-state index contributed by atoms with van der Waals surface area (Å²) < 4.78 is 214. The first-order valence-electron chi connectivity index (χ1n) is 28.8. The molecule has 0 aliphatic rings. The van der Waals surface area contributed by atoms with E-state index in [-0.39, 0.29) is 51.9 Å². The van der Waals surface area contributed by atoms with Crippen molar-refractivity contribution in [2.24, 2.45) is 0 Å². The van der Waals surface area contributed by atoms with Crippen LogP contribution in [0.1, 0.15) is 116 Å². The number of carboxylic acids is 3. The molecule has 0 amide bonds. The zero-order valence-electron chi connectivity index (χ0n) is 52.1. The topological polar surface area (TPSA) is 154 Å². The van der Waals surface area contributed by atoms with E-state index in [2.05, 4.69) is 0 Å².